The molecule has 1 aliphatic rings. The normalized spacial score (nSPS) is 17.8. The van der Waals surface area contributed by atoms with Crippen molar-refractivity contribution < 1.29 is 4.42 Å². The molecular formula is C15H14N6O. The fourth-order valence-electron chi connectivity index (χ4n) is 2.61. The molecule has 3 aromatic heterocycles. The highest BCUT2D eigenvalue weighted by Crippen LogP contribution is 2.29. The van der Waals surface area contributed by atoms with Gasteiger partial charge in [0.15, 0.2) is 0 Å². The number of hydrogen-bond donors (Lipinski definition) is 0. The van der Waals surface area contributed by atoms with E-state index in [2.05, 4.69) is 30.0 Å². The highest BCUT2D eigenvalue weighted by molar-refractivity contribution is 5.50. The summed E-state index contributed by atoms with van der Waals surface area (Å²) in [4.78, 5) is 14.7. The van der Waals surface area contributed by atoms with Crippen LogP contribution >= 0.6 is 0 Å². The fourth-order valence-corrected chi connectivity index (χ4v) is 2.61. The summed E-state index contributed by atoms with van der Waals surface area (Å²) in [6, 6.07) is 5.53. The smallest absolute Gasteiger partial charge is 0.247 e. The lowest BCUT2D eigenvalue weighted by atomic mass is 10.1. The second kappa shape index (κ2) is 5.51. The van der Waals surface area contributed by atoms with E-state index in [1.807, 2.05) is 18.2 Å². The molecule has 0 spiro atoms. The average Bonchev–Trinajstić information content (AvgIpc) is 3.26. The highest BCUT2D eigenvalue weighted by Gasteiger charge is 2.29. The van der Waals surface area contributed by atoms with Crippen LogP contribution in [0.15, 0.2) is 47.4 Å². The summed E-state index contributed by atoms with van der Waals surface area (Å²) in [5.74, 6) is 2.17. The zero-order chi connectivity index (χ0) is 14.8. The first-order chi connectivity index (χ1) is 10.9. The summed E-state index contributed by atoms with van der Waals surface area (Å²) in [6.45, 7) is 1.68. The van der Waals surface area contributed by atoms with Gasteiger partial charge in [-0.2, -0.15) is 0 Å². The monoisotopic (exact) mass is 294 g/mol. The third-order valence-electron chi connectivity index (χ3n) is 3.74. The lowest BCUT2D eigenvalue weighted by molar-refractivity contribution is 0.468. The molecule has 0 N–H and O–H groups in total. The van der Waals surface area contributed by atoms with Crippen LogP contribution in [0.4, 0.5) is 5.95 Å². The summed E-state index contributed by atoms with van der Waals surface area (Å²) >= 11 is 0. The fraction of sp³-hybridized carbons (Fsp3) is 0.267. The lowest BCUT2D eigenvalue weighted by Gasteiger charge is -2.14. The van der Waals surface area contributed by atoms with Crippen molar-refractivity contribution >= 4 is 5.95 Å². The average molecular weight is 294 g/mol. The van der Waals surface area contributed by atoms with E-state index in [4.69, 9.17) is 4.42 Å². The molecule has 0 radical (unpaired) electrons. The zero-order valence-corrected chi connectivity index (χ0v) is 11.8. The second-order valence-electron chi connectivity index (χ2n) is 5.16. The molecule has 0 aromatic carbocycles. The van der Waals surface area contributed by atoms with Crippen molar-refractivity contribution in [1.29, 1.82) is 0 Å². The van der Waals surface area contributed by atoms with Gasteiger partial charge < -0.3 is 9.32 Å². The van der Waals surface area contributed by atoms with Crippen LogP contribution in [0.2, 0.25) is 0 Å². The topological polar surface area (TPSA) is 80.8 Å². The van der Waals surface area contributed by atoms with E-state index in [1.54, 1.807) is 24.8 Å². The minimum absolute atomic E-state index is 0.215. The van der Waals surface area contributed by atoms with E-state index >= 15 is 0 Å². The Kier molecular flexibility index (Phi) is 3.23. The first-order valence-electron chi connectivity index (χ1n) is 7.16. The van der Waals surface area contributed by atoms with Crippen molar-refractivity contribution in [2.75, 3.05) is 18.0 Å². The van der Waals surface area contributed by atoms with Crippen molar-refractivity contribution in [3.8, 4) is 11.5 Å². The van der Waals surface area contributed by atoms with Gasteiger partial charge in [0.2, 0.25) is 17.7 Å². The van der Waals surface area contributed by atoms with Crippen molar-refractivity contribution in [1.82, 2.24) is 25.1 Å². The standard InChI is InChI=1S/C15H14N6O/c1-5-17-15(18-6-1)21-9-4-12(10-21)14-20-19-13(22-14)11-2-7-16-8-3-11/h1-3,5-8,12H,4,9-10H2. The van der Waals surface area contributed by atoms with Crippen molar-refractivity contribution in [2.45, 2.75) is 12.3 Å². The molecule has 1 atom stereocenters. The molecule has 110 valence electrons. The minimum Gasteiger partial charge on any atom is -0.420 e. The number of rotatable bonds is 3. The minimum atomic E-state index is 0.215. The van der Waals surface area contributed by atoms with Crippen LogP contribution < -0.4 is 4.90 Å². The van der Waals surface area contributed by atoms with Gasteiger partial charge in [-0.05, 0) is 24.6 Å². The maximum absolute atomic E-state index is 5.82. The Morgan fingerprint density at radius 1 is 1.05 bits per heavy atom. The molecule has 1 unspecified atom stereocenters. The Morgan fingerprint density at radius 2 is 1.86 bits per heavy atom. The van der Waals surface area contributed by atoms with Crippen LogP contribution in [-0.4, -0.2) is 38.2 Å². The number of nitrogens with zero attached hydrogens (tertiary/aromatic N) is 6. The highest BCUT2D eigenvalue weighted by atomic mass is 16.4. The largest absolute Gasteiger partial charge is 0.420 e. The van der Waals surface area contributed by atoms with E-state index in [9.17, 15) is 0 Å². The molecule has 0 aliphatic carbocycles. The number of pyridine rings is 1. The molecule has 1 fully saturated rings. The van der Waals surface area contributed by atoms with Gasteiger partial charge in [-0.1, -0.05) is 0 Å². The Hall–Kier alpha value is -2.83. The van der Waals surface area contributed by atoms with Gasteiger partial charge in [-0.25, -0.2) is 9.97 Å². The van der Waals surface area contributed by atoms with Crippen LogP contribution in [0.3, 0.4) is 0 Å². The molecule has 7 nitrogen and oxygen atoms in total. The van der Waals surface area contributed by atoms with Crippen LogP contribution in [0.1, 0.15) is 18.2 Å². The maximum Gasteiger partial charge on any atom is 0.247 e. The predicted octanol–water partition coefficient (Wildman–Crippen LogP) is 1.92. The Morgan fingerprint density at radius 3 is 2.68 bits per heavy atom. The van der Waals surface area contributed by atoms with Crippen molar-refractivity contribution in [2.24, 2.45) is 0 Å². The van der Waals surface area contributed by atoms with Crippen molar-refractivity contribution in [3.63, 3.8) is 0 Å². The van der Waals surface area contributed by atoms with E-state index in [-0.39, 0.29) is 5.92 Å². The molecule has 22 heavy (non-hydrogen) atoms. The second-order valence-corrected chi connectivity index (χ2v) is 5.16. The van der Waals surface area contributed by atoms with E-state index in [1.165, 1.54) is 0 Å². The Bertz CT molecular complexity index is 745. The van der Waals surface area contributed by atoms with E-state index in [0.29, 0.717) is 11.8 Å². The molecule has 0 bridgehead atoms. The quantitative estimate of drug-likeness (QED) is 0.729. The van der Waals surface area contributed by atoms with Crippen molar-refractivity contribution in [3.05, 3.63) is 48.9 Å². The van der Waals surface area contributed by atoms with Crippen LogP contribution in [0, 0.1) is 0 Å². The predicted molar refractivity (Wildman–Crippen MR) is 79.1 cm³/mol. The number of hydrogen-bond acceptors (Lipinski definition) is 7. The molecule has 1 saturated heterocycles. The first kappa shape index (κ1) is 12.9. The number of aromatic nitrogens is 5. The summed E-state index contributed by atoms with van der Waals surface area (Å²) < 4.78 is 5.82. The summed E-state index contributed by atoms with van der Waals surface area (Å²) in [5.41, 5.74) is 0.884. The SMILES string of the molecule is c1cnc(N2CCC(c3nnc(-c4ccncc4)o3)C2)nc1. The van der Waals surface area contributed by atoms with Gasteiger partial charge in [0.05, 0.1) is 5.92 Å². The first-order valence-corrected chi connectivity index (χ1v) is 7.16. The molecule has 0 amide bonds. The van der Waals surface area contributed by atoms with Crippen LogP contribution in [0.5, 0.6) is 0 Å². The Labute approximate surface area is 127 Å². The summed E-state index contributed by atoms with van der Waals surface area (Å²) in [6.07, 6.45) is 7.89. The zero-order valence-electron chi connectivity index (χ0n) is 11.8. The summed E-state index contributed by atoms with van der Waals surface area (Å²) in [7, 11) is 0. The molecule has 4 rings (SSSR count). The van der Waals surface area contributed by atoms with E-state index < -0.39 is 0 Å². The van der Waals surface area contributed by atoms with Gasteiger partial charge in [-0.15, -0.1) is 10.2 Å². The van der Waals surface area contributed by atoms with Crippen LogP contribution in [0.25, 0.3) is 11.5 Å². The van der Waals surface area contributed by atoms with E-state index in [0.717, 1.165) is 31.0 Å². The van der Waals surface area contributed by atoms with Gasteiger partial charge in [0.25, 0.3) is 0 Å². The lowest BCUT2D eigenvalue weighted by Crippen LogP contribution is -2.21. The molecule has 0 saturated carbocycles. The van der Waals surface area contributed by atoms with Gasteiger partial charge in [-0.3, -0.25) is 4.98 Å². The maximum atomic E-state index is 5.82. The molecule has 1 aliphatic heterocycles. The van der Waals surface area contributed by atoms with Crippen LogP contribution in [-0.2, 0) is 0 Å². The molecule has 4 heterocycles. The Balaban J connectivity index is 1.51. The number of anilines is 1. The van der Waals surface area contributed by atoms with Gasteiger partial charge >= 0.3 is 0 Å². The van der Waals surface area contributed by atoms with Gasteiger partial charge in [0, 0.05) is 43.4 Å². The van der Waals surface area contributed by atoms with Gasteiger partial charge in [0.1, 0.15) is 0 Å². The molecule has 7 heteroatoms. The third-order valence-corrected chi connectivity index (χ3v) is 3.74. The third kappa shape index (κ3) is 2.41. The molecular weight excluding hydrogens is 280 g/mol. The summed E-state index contributed by atoms with van der Waals surface area (Å²) in [5, 5.41) is 8.33. The molecule has 3 aromatic rings.